The Kier molecular flexibility index (Phi) is 3.13. The molecule has 3 heteroatoms. The second-order valence-corrected chi connectivity index (χ2v) is 4.99. The lowest BCUT2D eigenvalue weighted by Gasteiger charge is -2.03. The summed E-state index contributed by atoms with van der Waals surface area (Å²) in [6, 6.07) is 6.79. The van der Waals surface area contributed by atoms with E-state index in [1.54, 1.807) is 12.1 Å². The van der Waals surface area contributed by atoms with Crippen LogP contribution in [-0.2, 0) is 19.3 Å². The first-order valence-electron chi connectivity index (χ1n) is 6.62. The van der Waals surface area contributed by atoms with Crippen molar-refractivity contribution in [3.8, 4) is 0 Å². The van der Waals surface area contributed by atoms with E-state index in [0.29, 0.717) is 0 Å². The number of aromatic amines is 1. The van der Waals surface area contributed by atoms with Crippen LogP contribution in [0.3, 0.4) is 0 Å². The third-order valence-electron chi connectivity index (χ3n) is 3.65. The third-order valence-corrected chi connectivity index (χ3v) is 3.65. The van der Waals surface area contributed by atoms with Gasteiger partial charge in [-0.2, -0.15) is 5.10 Å². The fourth-order valence-electron chi connectivity index (χ4n) is 2.71. The van der Waals surface area contributed by atoms with Crippen LogP contribution in [0, 0.1) is 5.82 Å². The highest BCUT2D eigenvalue weighted by Crippen LogP contribution is 2.23. The van der Waals surface area contributed by atoms with Gasteiger partial charge in [0.15, 0.2) is 0 Å². The molecular weight excluding hydrogens is 227 g/mol. The molecule has 1 aromatic heterocycles. The van der Waals surface area contributed by atoms with Crippen molar-refractivity contribution in [2.45, 2.75) is 38.5 Å². The van der Waals surface area contributed by atoms with Crippen LogP contribution in [-0.4, -0.2) is 10.2 Å². The minimum Gasteiger partial charge on any atom is -0.282 e. The molecule has 0 spiro atoms. The molecule has 0 atom stereocenters. The average molecular weight is 244 g/mol. The summed E-state index contributed by atoms with van der Waals surface area (Å²) in [4.78, 5) is 0. The molecule has 0 radical (unpaired) electrons. The van der Waals surface area contributed by atoms with Crippen molar-refractivity contribution in [2.24, 2.45) is 0 Å². The van der Waals surface area contributed by atoms with Crippen LogP contribution < -0.4 is 0 Å². The van der Waals surface area contributed by atoms with Crippen molar-refractivity contribution in [3.63, 3.8) is 0 Å². The van der Waals surface area contributed by atoms with Crippen LogP contribution in [0.5, 0.6) is 0 Å². The first-order valence-corrected chi connectivity index (χ1v) is 6.62. The Morgan fingerprint density at radius 2 is 2.06 bits per heavy atom. The summed E-state index contributed by atoms with van der Waals surface area (Å²) in [5.41, 5.74) is 4.75. The normalized spacial score (nSPS) is 15.2. The van der Waals surface area contributed by atoms with Crippen molar-refractivity contribution in [1.29, 1.82) is 0 Å². The number of aryl methyl sites for hydroxylation is 1. The van der Waals surface area contributed by atoms with Gasteiger partial charge >= 0.3 is 0 Å². The molecule has 2 nitrogen and oxygen atoms in total. The molecule has 0 aliphatic heterocycles. The third kappa shape index (κ3) is 2.30. The largest absolute Gasteiger partial charge is 0.282 e. The van der Waals surface area contributed by atoms with E-state index in [9.17, 15) is 4.39 Å². The van der Waals surface area contributed by atoms with Crippen LogP contribution >= 0.6 is 0 Å². The molecule has 0 saturated heterocycles. The Hall–Kier alpha value is -1.64. The lowest BCUT2D eigenvalue weighted by Crippen LogP contribution is -1.95. The molecule has 1 N–H and O–H groups in total. The SMILES string of the molecule is Fc1cccc(Cc2n[nH]c3c2CCCCC3)c1. The number of H-pyrrole nitrogens is 1. The van der Waals surface area contributed by atoms with E-state index in [1.807, 2.05) is 6.07 Å². The minimum atomic E-state index is -0.172. The molecule has 1 aliphatic rings. The van der Waals surface area contributed by atoms with Gasteiger partial charge in [0.25, 0.3) is 0 Å². The highest BCUT2D eigenvalue weighted by molar-refractivity contribution is 5.31. The quantitative estimate of drug-likeness (QED) is 0.806. The Labute approximate surface area is 106 Å². The first-order chi connectivity index (χ1) is 8.83. The molecule has 0 saturated carbocycles. The van der Waals surface area contributed by atoms with Crippen molar-refractivity contribution in [3.05, 3.63) is 52.6 Å². The van der Waals surface area contributed by atoms with E-state index >= 15 is 0 Å². The summed E-state index contributed by atoms with van der Waals surface area (Å²) in [6.07, 6.45) is 6.71. The van der Waals surface area contributed by atoms with Crippen LogP contribution in [0.25, 0.3) is 0 Å². The summed E-state index contributed by atoms with van der Waals surface area (Å²) >= 11 is 0. The molecule has 1 aliphatic carbocycles. The molecular formula is C15H17FN2. The molecule has 0 bridgehead atoms. The summed E-state index contributed by atoms with van der Waals surface area (Å²) in [6.45, 7) is 0. The zero-order chi connectivity index (χ0) is 12.4. The maximum atomic E-state index is 13.2. The highest BCUT2D eigenvalue weighted by Gasteiger charge is 2.15. The van der Waals surface area contributed by atoms with E-state index in [0.717, 1.165) is 30.5 Å². The minimum absolute atomic E-state index is 0.172. The number of hydrogen-bond acceptors (Lipinski definition) is 1. The predicted molar refractivity (Wildman–Crippen MR) is 69.1 cm³/mol. The van der Waals surface area contributed by atoms with Crippen LogP contribution in [0.1, 0.15) is 41.8 Å². The fourth-order valence-corrected chi connectivity index (χ4v) is 2.71. The second kappa shape index (κ2) is 4.92. The summed E-state index contributed by atoms with van der Waals surface area (Å²) in [5, 5.41) is 7.57. The maximum Gasteiger partial charge on any atom is 0.123 e. The maximum absolute atomic E-state index is 13.2. The molecule has 0 fully saturated rings. The monoisotopic (exact) mass is 244 g/mol. The number of fused-ring (bicyclic) bond motifs is 1. The van der Waals surface area contributed by atoms with Crippen molar-refractivity contribution < 1.29 is 4.39 Å². The lowest BCUT2D eigenvalue weighted by molar-refractivity contribution is 0.626. The number of rotatable bonds is 2. The molecule has 94 valence electrons. The standard InChI is InChI=1S/C15H17FN2/c16-12-6-4-5-11(9-12)10-15-13-7-2-1-3-8-14(13)17-18-15/h4-6,9H,1-3,7-8,10H2,(H,17,18). The number of nitrogens with zero attached hydrogens (tertiary/aromatic N) is 1. The zero-order valence-electron chi connectivity index (χ0n) is 10.4. The number of halogens is 1. The number of benzene rings is 1. The summed E-state index contributed by atoms with van der Waals surface area (Å²) in [7, 11) is 0. The van der Waals surface area contributed by atoms with Gasteiger partial charge < -0.3 is 0 Å². The van der Waals surface area contributed by atoms with Gasteiger partial charge in [0, 0.05) is 12.1 Å². The fraction of sp³-hybridized carbons (Fsp3) is 0.400. The lowest BCUT2D eigenvalue weighted by atomic mass is 10.0. The summed E-state index contributed by atoms with van der Waals surface area (Å²) < 4.78 is 13.2. The Balaban J connectivity index is 1.87. The Morgan fingerprint density at radius 3 is 2.94 bits per heavy atom. The molecule has 0 amide bonds. The van der Waals surface area contributed by atoms with Gasteiger partial charge in [-0.15, -0.1) is 0 Å². The first kappa shape index (κ1) is 11.5. The summed E-state index contributed by atoms with van der Waals surface area (Å²) in [5.74, 6) is -0.172. The number of aromatic nitrogens is 2. The zero-order valence-corrected chi connectivity index (χ0v) is 10.4. The molecule has 2 aromatic rings. The molecule has 18 heavy (non-hydrogen) atoms. The molecule has 1 aromatic carbocycles. The predicted octanol–water partition coefficient (Wildman–Crippen LogP) is 3.41. The van der Waals surface area contributed by atoms with Gasteiger partial charge in [-0.1, -0.05) is 18.6 Å². The second-order valence-electron chi connectivity index (χ2n) is 4.99. The van der Waals surface area contributed by atoms with E-state index in [2.05, 4.69) is 10.2 Å². The van der Waals surface area contributed by atoms with E-state index in [-0.39, 0.29) is 5.82 Å². The topological polar surface area (TPSA) is 28.7 Å². The average Bonchev–Trinajstić information content (AvgIpc) is 2.60. The van der Waals surface area contributed by atoms with E-state index < -0.39 is 0 Å². The van der Waals surface area contributed by atoms with Gasteiger partial charge in [-0.05, 0) is 48.9 Å². The van der Waals surface area contributed by atoms with Crippen LogP contribution in [0.15, 0.2) is 24.3 Å². The Bertz CT molecular complexity index is 545. The van der Waals surface area contributed by atoms with Gasteiger partial charge in [0.05, 0.1) is 5.69 Å². The number of hydrogen-bond donors (Lipinski definition) is 1. The number of nitrogens with one attached hydrogen (secondary N) is 1. The molecule has 3 rings (SSSR count). The van der Waals surface area contributed by atoms with Gasteiger partial charge in [-0.25, -0.2) is 4.39 Å². The van der Waals surface area contributed by atoms with Gasteiger partial charge in [0.2, 0.25) is 0 Å². The van der Waals surface area contributed by atoms with Crippen molar-refractivity contribution in [2.75, 3.05) is 0 Å². The van der Waals surface area contributed by atoms with Crippen LogP contribution in [0.4, 0.5) is 4.39 Å². The highest BCUT2D eigenvalue weighted by atomic mass is 19.1. The van der Waals surface area contributed by atoms with E-state index in [4.69, 9.17) is 0 Å². The molecule has 0 unspecified atom stereocenters. The Morgan fingerprint density at radius 1 is 1.17 bits per heavy atom. The molecule has 1 heterocycles. The van der Waals surface area contributed by atoms with Crippen LogP contribution in [0.2, 0.25) is 0 Å². The van der Waals surface area contributed by atoms with Gasteiger partial charge in [-0.3, -0.25) is 5.10 Å². The van der Waals surface area contributed by atoms with Crippen molar-refractivity contribution in [1.82, 2.24) is 10.2 Å². The van der Waals surface area contributed by atoms with Gasteiger partial charge in [0.1, 0.15) is 5.82 Å². The van der Waals surface area contributed by atoms with Crippen molar-refractivity contribution >= 4 is 0 Å². The smallest absolute Gasteiger partial charge is 0.123 e. The van der Waals surface area contributed by atoms with E-state index in [1.165, 1.54) is 36.6 Å².